The first-order valence-corrected chi connectivity index (χ1v) is 6.44. The van der Waals surface area contributed by atoms with Crippen LogP contribution in [-0.4, -0.2) is 14.8 Å². The molecule has 0 fully saturated rings. The van der Waals surface area contributed by atoms with Crippen LogP contribution in [0.1, 0.15) is 13.8 Å². The number of aromatic hydroxyl groups is 1. The zero-order valence-corrected chi connectivity index (χ0v) is 11.7. The van der Waals surface area contributed by atoms with Crippen molar-refractivity contribution in [3.05, 3.63) is 24.3 Å². The van der Waals surface area contributed by atoms with Gasteiger partial charge in [0.15, 0.2) is 0 Å². The van der Waals surface area contributed by atoms with E-state index in [9.17, 15) is 5.11 Å². The van der Waals surface area contributed by atoms with Crippen molar-refractivity contribution in [2.75, 3.05) is 5.32 Å². The molecule has 0 saturated carbocycles. The average Bonchev–Trinajstić information content (AvgIpc) is 2.64. The van der Waals surface area contributed by atoms with Gasteiger partial charge in [0.1, 0.15) is 5.69 Å². The van der Waals surface area contributed by atoms with E-state index in [1.807, 2.05) is 28.8 Å². The highest BCUT2D eigenvalue weighted by molar-refractivity contribution is 7.80. The second-order valence-corrected chi connectivity index (χ2v) is 5.15. The van der Waals surface area contributed by atoms with E-state index in [0.717, 1.165) is 10.9 Å². The molecule has 0 atom stereocenters. The minimum absolute atomic E-state index is 0.0303. The SMILES string of the molecule is CC(C)Cn1c(O)c(NC(=S)N=N)c2ccccc21. The zero-order valence-electron chi connectivity index (χ0n) is 10.8. The average molecular weight is 276 g/mol. The van der Waals surface area contributed by atoms with E-state index in [-0.39, 0.29) is 11.0 Å². The molecule has 0 amide bonds. The lowest BCUT2D eigenvalue weighted by Gasteiger charge is -2.09. The van der Waals surface area contributed by atoms with Gasteiger partial charge < -0.3 is 15.0 Å². The number of hydrogen-bond donors (Lipinski definition) is 3. The van der Waals surface area contributed by atoms with Gasteiger partial charge in [0.25, 0.3) is 0 Å². The third-order valence-electron chi connectivity index (χ3n) is 2.82. The fraction of sp³-hybridized carbons (Fsp3) is 0.308. The third kappa shape index (κ3) is 2.58. The molecule has 0 unspecified atom stereocenters. The van der Waals surface area contributed by atoms with Crippen LogP contribution in [0.5, 0.6) is 5.88 Å². The molecule has 2 aromatic rings. The second-order valence-electron chi connectivity index (χ2n) is 4.76. The summed E-state index contributed by atoms with van der Waals surface area (Å²) in [5.41, 5.74) is 8.33. The van der Waals surface area contributed by atoms with Crippen molar-refractivity contribution in [1.29, 1.82) is 5.53 Å². The van der Waals surface area contributed by atoms with Crippen LogP contribution in [0.4, 0.5) is 5.69 Å². The molecule has 0 radical (unpaired) electrons. The van der Waals surface area contributed by atoms with E-state index < -0.39 is 0 Å². The zero-order chi connectivity index (χ0) is 14.0. The van der Waals surface area contributed by atoms with Crippen molar-refractivity contribution in [3.8, 4) is 5.88 Å². The van der Waals surface area contributed by atoms with Gasteiger partial charge in [-0.05, 0) is 24.2 Å². The van der Waals surface area contributed by atoms with Gasteiger partial charge in [-0.3, -0.25) is 0 Å². The number of thiocarbonyl (C=S) groups is 1. The molecule has 6 heteroatoms. The summed E-state index contributed by atoms with van der Waals surface area (Å²) in [6.07, 6.45) is 0. The summed E-state index contributed by atoms with van der Waals surface area (Å²) in [6.45, 7) is 4.88. The van der Waals surface area contributed by atoms with Gasteiger partial charge in [-0.25, -0.2) is 5.53 Å². The number of nitrogens with one attached hydrogen (secondary N) is 2. The van der Waals surface area contributed by atoms with E-state index in [0.29, 0.717) is 18.2 Å². The van der Waals surface area contributed by atoms with Gasteiger partial charge in [0, 0.05) is 11.9 Å². The van der Waals surface area contributed by atoms with Crippen molar-refractivity contribution in [2.24, 2.45) is 11.0 Å². The van der Waals surface area contributed by atoms with E-state index in [1.165, 1.54) is 0 Å². The monoisotopic (exact) mass is 276 g/mol. The van der Waals surface area contributed by atoms with Gasteiger partial charge in [-0.2, -0.15) is 0 Å². The van der Waals surface area contributed by atoms with Crippen LogP contribution < -0.4 is 5.32 Å². The Labute approximate surface area is 116 Å². The maximum absolute atomic E-state index is 10.3. The van der Waals surface area contributed by atoms with Crippen LogP contribution in [0.25, 0.3) is 10.9 Å². The maximum Gasteiger partial charge on any atom is 0.217 e. The number of aromatic nitrogens is 1. The first-order valence-electron chi connectivity index (χ1n) is 6.03. The summed E-state index contributed by atoms with van der Waals surface area (Å²) in [5.74, 6) is 0.531. The predicted molar refractivity (Wildman–Crippen MR) is 79.8 cm³/mol. The number of benzene rings is 1. The van der Waals surface area contributed by atoms with E-state index in [2.05, 4.69) is 24.3 Å². The Hall–Kier alpha value is -1.95. The maximum atomic E-state index is 10.3. The normalized spacial score (nSPS) is 10.9. The van der Waals surface area contributed by atoms with Gasteiger partial charge in [-0.15, -0.1) is 5.11 Å². The Morgan fingerprint density at radius 2 is 2.16 bits per heavy atom. The lowest BCUT2D eigenvalue weighted by molar-refractivity contribution is 0.402. The molecule has 19 heavy (non-hydrogen) atoms. The minimum atomic E-state index is 0.0303. The topological polar surface area (TPSA) is 73.4 Å². The predicted octanol–water partition coefficient (Wildman–Crippen LogP) is 3.73. The minimum Gasteiger partial charge on any atom is -0.493 e. The Morgan fingerprint density at radius 1 is 1.47 bits per heavy atom. The third-order valence-corrected chi connectivity index (χ3v) is 3.02. The largest absolute Gasteiger partial charge is 0.493 e. The molecular weight excluding hydrogens is 260 g/mol. The molecule has 1 heterocycles. The van der Waals surface area contributed by atoms with Crippen LogP contribution in [0.3, 0.4) is 0 Å². The van der Waals surface area contributed by atoms with E-state index in [4.69, 9.17) is 17.7 Å². The Balaban J connectivity index is 2.59. The van der Waals surface area contributed by atoms with Crippen molar-refractivity contribution in [3.63, 3.8) is 0 Å². The summed E-state index contributed by atoms with van der Waals surface area (Å²) in [7, 11) is 0. The fourth-order valence-corrected chi connectivity index (χ4v) is 2.20. The Bertz CT molecular complexity index is 633. The standard InChI is InChI=1S/C13H16N4OS/c1-8(2)7-17-10-6-4-3-5-9(10)11(12(17)18)15-13(19)16-14/h3-6,8,14,18H,7H2,1-2H3,(H,15,19). The molecule has 0 aliphatic heterocycles. The van der Waals surface area contributed by atoms with Crippen LogP contribution in [0.2, 0.25) is 0 Å². The van der Waals surface area contributed by atoms with E-state index in [1.54, 1.807) is 0 Å². The quantitative estimate of drug-likeness (QED) is 0.590. The van der Waals surface area contributed by atoms with E-state index >= 15 is 0 Å². The van der Waals surface area contributed by atoms with Crippen LogP contribution in [0, 0.1) is 11.4 Å². The van der Waals surface area contributed by atoms with Crippen molar-refractivity contribution < 1.29 is 5.11 Å². The summed E-state index contributed by atoms with van der Waals surface area (Å²) < 4.78 is 1.84. The summed E-state index contributed by atoms with van der Waals surface area (Å²) in [6, 6.07) is 7.67. The molecule has 1 aromatic carbocycles. The number of para-hydroxylation sites is 1. The molecule has 0 spiro atoms. The smallest absolute Gasteiger partial charge is 0.217 e. The van der Waals surface area contributed by atoms with Crippen molar-refractivity contribution in [1.82, 2.24) is 4.57 Å². The first-order chi connectivity index (χ1) is 9.04. The highest BCUT2D eigenvalue weighted by Gasteiger charge is 2.17. The summed E-state index contributed by atoms with van der Waals surface area (Å²) in [5, 5.41) is 17.2. The highest BCUT2D eigenvalue weighted by Crippen LogP contribution is 2.36. The molecule has 0 bridgehead atoms. The molecule has 1 aromatic heterocycles. The second kappa shape index (κ2) is 5.36. The van der Waals surface area contributed by atoms with Gasteiger partial charge in [-0.1, -0.05) is 32.0 Å². The Kier molecular flexibility index (Phi) is 3.80. The number of hydrogen-bond acceptors (Lipinski definition) is 3. The van der Waals surface area contributed by atoms with Crippen LogP contribution in [-0.2, 0) is 6.54 Å². The number of fused-ring (bicyclic) bond motifs is 1. The lowest BCUT2D eigenvalue weighted by Crippen LogP contribution is -2.06. The molecule has 0 saturated heterocycles. The van der Waals surface area contributed by atoms with Crippen molar-refractivity contribution in [2.45, 2.75) is 20.4 Å². The molecule has 2 rings (SSSR count). The highest BCUT2D eigenvalue weighted by atomic mass is 32.1. The number of anilines is 1. The summed E-state index contributed by atoms with van der Waals surface area (Å²) >= 11 is 4.87. The molecule has 100 valence electrons. The molecule has 0 aliphatic carbocycles. The Morgan fingerprint density at radius 3 is 2.79 bits per heavy atom. The van der Waals surface area contributed by atoms with Gasteiger partial charge in [0.2, 0.25) is 11.0 Å². The fourth-order valence-electron chi connectivity index (χ4n) is 2.10. The summed E-state index contributed by atoms with van der Waals surface area (Å²) in [4.78, 5) is 0. The molecule has 0 aliphatic rings. The number of rotatable bonds is 3. The van der Waals surface area contributed by atoms with Gasteiger partial charge in [0.05, 0.1) is 5.52 Å². The van der Waals surface area contributed by atoms with Crippen molar-refractivity contribution >= 4 is 33.9 Å². The van der Waals surface area contributed by atoms with Crippen LogP contribution in [0.15, 0.2) is 29.4 Å². The lowest BCUT2D eigenvalue weighted by atomic mass is 10.2. The van der Waals surface area contributed by atoms with Crippen LogP contribution >= 0.6 is 12.2 Å². The first kappa shape index (κ1) is 13.5. The molecule has 3 N–H and O–H groups in total. The number of nitrogens with zero attached hydrogens (tertiary/aromatic N) is 2. The molecular formula is C13H16N4OS. The van der Waals surface area contributed by atoms with Gasteiger partial charge >= 0.3 is 0 Å². The molecule has 5 nitrogen and oxygen atoms in total.